The Hall–Kier alpha value is -7.25. The second-order valence-corrected chi connectivity index (χ2v) is 13.1. The molecular weight excluding hydrogens is 643 g/mol. The van der Waals surface area contributed by atoms with Gasteiger partial charge < -0.3 is 13.6 Å². The van der Waals surface area contributed by atoms with Gasteiger partial charge in [0.1, 0.15) is 0 Å². The summed E-state index contributed by atoms with van der Waals surface area (Å²) >= 11 is 0. The van der Waals surface area contributed by atoms with Crippen molar-refractivity contribution in [3.05, 3.63) is 174 Å². The first-order chi connectivity index (χ1) is 25.7. The smallest absolute Gasteiger partial charge is 0.373 e. The van der Waals surface area contributed by atoms with Crippen LogP contribution in [0.5, 0.6) is 0 Å². The topological polar surface area (TPSA) is 70.3 Å². The van der Waals surface area contributed by atoms with Gasteiger partial charge in [0.15, 0.2) is 11.4 Å². The van der Waals surface area contributed by atoms with E-state index in [2.05, 4.69) is 146 Å². The number of fused-ring (bicyclic) bond motifs is 9. The lowest BCUT2D eigenvalue weighted by Gasteiger charge is -2.10. The molecule has 0 saturated heterocycles. The van der Waals surface area contributed by atoms with Crippen molar-refractivity contribution in [2.45, 2.75) is 0 Å². The van der Waals surface area contributed by atoms with Crippen LogP contribution in [0, 0.1) is 0 Å². The van der Waals surface area contributed by atoms with Gasteiger partial charge in [-0.2, -0.15) is 4.98 Å². The first-order valence-corrected chi connectivity index (χ1v) is 17.2. The van der Waals surface area contributed by atoms with Gasteiger partial charge in [-0.1, -0.05) is 97.1 Å². The lowest BCUT2D eigenvalue weighted by atomic mass is 10.0. The lowest BCUT2D eigenvalue weighted by Crippen LogP contribution is -2.14. The second-order valence-electron chi connectivity index (χ2n) is 13.1. The van der Waals surface area contributed by atoms with Crippen LogP contribution >= 0.6 is 0 Å². The van der Waals surface area contributed by atoms with Crippen molar-refractivity contribution in [2.75, 3.05) is 0 Å². The number of benzene rings is 7. The van der Waals surface area contributed by atoms with E-state index < -0.39 is 5.69 Å². The van der Waals surface area contributed by atoms with Gasteiger partial charge in [0, 0.05) is 38.5 Å². The third-order valence-electron chi connectivity index (χ3n) is 10.2. The largest absolute Gasteiger partial charge is 0.423 e. The van der Waals surface area contributed by atoms with E-state index in [0.717, 1.165) is 55.4 Å². The number of hydrogen-bond acceptors (Lipinski definition) is 4. The molecule has 0 spiro atoms. The summed E-state index contributed by atoms with van der Waals surface area (Å²) in [5, 5.41) is 4.78. The fourth-order valence-electron chi connectivity index (χ4n) is 7.90. The molecule has 0 aliphatic rings. The van der Waals surface area contributed by atoms with Gasteiger partial charge in [-0.25, -0.2) is 9.20 Å². The van der Waals surface area contributed by atoms with E-state index in [4.69, 9.17) is 4.42 Å². The van der Waals surface area contributed by atoms with Crippen LogP contribution in [0.1, 0.15) is 0 Å². The maximum atomic E-state index is 12.5. The Morgan fingerprint density at radius 2 is 0.981 bits per heavy atom. The summed E-state index contributed by atoms with van der Waals surface area (Å²) in [5.74, 6) is 0.698. The third kappa shape index (κ3) is 4.17. The van der Waals surface area contributed by atoms with E-state index >= 15 is 0 Å². The minimum absolute atomic E-state index is 0.210. The summed E-state index contributed by atoms with van der Waals surface area (Å²) in [6.45, 7) is 0. The molecule has 11 aromatic rings. The van der Waals surface area contributed by atoms with Crippen LogP contribution < -0.4 is 5.69 Å². The Morgan fingerprint density at radius 1 is 0.423 bits per heavy atom. The number of para-hydroxylation sites is 3. The lowest BCUT2D eigenvalue weighted by molar-refractivity contribution is 0.630. The van der Waals surface area contributed by atoms with Crippen LogP contribution in [-0.2, 0) is 0 Å². The fourth-order valence-corrected chi connectivity index (χ4v) is 7.90. The van der Waals surface area contributed by atoms with Gasteiger partial charge in [-0.15, -0.1) is 4.98 Å². The van der Waals surface area contributed by atoms with Crippen molar-refractivity contribution in [2.24, 2.45) is 0 Å². The first-order valence-electron chi connectivity index (χ1n) is 17.2. The van der Waals surface area contributed by atoms with Crippen molar-refractivity contribution < 1.29 is 4.42 Å². The summed E-state index contributed by atoms with van der Waals surface area (Å²) in [6, 6.07) is 57.0. The van der Waals surface area contributed by atoms with E-state index in [-0.39, 0.29) is 5.84 Å². The molecule has 0 fully saturated rings. The predicted octanol–water partition coefficient (Wildman–Crippen LogP) is 10.4. The van der Waals surface area contributed by atoms with Crippen LogP contribution in [-0.4, -0.2) is 23.5 Å². The summed E-state index contributed by atoms with van der Waals surface area (Å²) in [7, 11) is 0. The van der Waals surface area contributed by atoms with Crippen molar-refractivity contribution in [3.8, 4) is 33.9 Å². The highest BCUT2D eigenvalue weighted by atomic mass is 16.4. The maximum Gasteiger partial charge on any atom is 0.373 e. The van der Waals surface area contributed by atoms with E-state index in [1.54, 1.807) is 0 Å². The van der Waals surface area contributed by atoms with Crippen molar-refractivity contribution >= 4 is 60.6 Å². The highest BCUT2D eigenvalue weighted by Gasteiger charge is 2.19. The molecule has 11 rings (SSSR count). The van der Waals surface area contributed by atoms with Crippen molar-refractivity contribution in [1.29, 1.82) is 0 Å². The molecule has 0 atom stereocenters. The van der Waals surface area contributed by atoms with Gasteiger partial charge >= 0.3 is 11.5 Å². The van der Waals surface area contributed by atoms with Crippen LogP contribution in [0.3, 0.4) is 0 Å². The van der Waals surface area contributed by atoms with Gasteiger partial charge in [0.2, 0.25) is 0 Å². The summed E-state index contributed by atoms with van der Waals surface area (Å²) < 4.78 is 12.6. The molecule has 7 nitrogen and oxygen atoms in total. The molecule has 4 aromatic heterocycles. The molecule has 0 aliphatic carbocycles. The molecule has 0 amide bonds. The average Bonchev–Trinajstić information content (AvgIpc) is 3.85. The van der Waals surface area contributed by atoms with Gasteiger partial charge in [-0.3, -0.25) is 0 Å². The Morgan fingerprint density at radius 3 is 1.63 bits per heavy atom. The number of hydrogen-bond donors (Lipinski definition) is 0. The highest BCUT2D eigenvalue weighted by Crippen LogP contribution is 2.39. The molecule has 244 valence electrons. The monoisotopic (exact) mass is 669 g/mol. The summed E-state index contributed by atoms with van der Waals surface area (Å²) in [6.07, 6.45) is 0. The van der Waals surface area contributed by atoms with Crippen LogP contribution in [0.4, 0.5) is 0 Å². The molecule has 7 aromatic carbocycles. The van der Waals surface area contributed by atoms with Gasteiger partial charge in [0.05, 0.1) is 27.6 Å². The van der Waals surface area contributed by atoms with E-state index in [0.29, 0.717) is 11.4 Å². The number of nitrogens with zero attached hydrogens (tertiary/aromatic N) is 5. The first kappa shape index (κ1) is 28.6. The van der Waals surface area contributed by atoms with Gasteiger partial charge in [-0.05, 0) is 77.9 Å². The van der Waals surface area contributed by atoms with E-state index in [1.165, 1.54) is 21.8 Å². The quantitative estimate of drug-likeness (QED) is 0.187. The Bertz CT molecular complexity index is 3260. The number of oxazole rings is 1. The zero-order chi connectivity index (χ0) is 34.3. The molecule has 4 heterocycles. The zero-order valence-corrected chi connectivity index (χ0v) is 27.6. The standard InChI is InChI=1S/C45H27N5O2/c51-44-46-43(28-11-3-1-4-12-28)50-41-27-32(21-24-42(41)52-45(50)47-44)49-38-18-10-8-16-34(38)36-26-30(20-23-40(36)49)29-19-22-39-35(25-29)33-15-7-9-17-37(33)48(39)31-13-5-2-6-14-31/h1-27H. The zero-order valence-electron chi connectivity index (χ0n) is 27.6. The van der Waals surface area contributed by atoms with E-state index in [9.17, 15) is 4.79 Å². The molecule has 0 saturated carbocycles. The van der Waals surface area contributed by atoms with Crippen LogP contribution in [0.15, 0.2) is 173 Å². The van der Waals surface area contributed by atoms with Crippen LogP contribution in [0.2, 0.25) is 0 Å². The molecular formula is C45H27N5O2. The molecule has 0 aliphatic heterocycles. The second kappa shape index (κ2) is 10.9. The van der Waals surface area contributed by atoms with E-state index in [1.807, 2.05) is 40.8 Å². The Kier molecular flexibility index (Phi) is 5.98. The van der Waals surface area contributed by atoms with Gasteiger partial charge in [0.25, 0.3) is 0 Å². The number of rotatable bonds is 4. The SMILES string of the molecule is O=c1nc(-c2ccccc2)n2c(n1)oc1ccc(-n3c4ccccc4c4cc(-c5ccc6c(c5)c5ccccc5n6-c5ccccc5)ccc43)cc12. The Balaban J connectivity index is 1.10. The summed E-state index contributed by atoms with van der Waals surface area (Å²) in [5.41, 5.74) is 10.6. The van der Waals surface area contributed by atoms with Crippen LogP contribution in [0.25, 0.3) is 94.4 Å². The predicted molar refractivity (Wildman–Crippen MR) is 209 cm³/mol. The average molecular weight is 670 g/mol. The summed E-state index contributed by atoms with van der Waals surface area (Å²) in [4.78, 5) is 20.9. The highest BCUT2D eigenvalue weighted by molar-refractivity contribution is 6.12. The van der Waals surface area contributed by atoms with Crippen molar-refractivity contribution in [1.82, 2.24) is 23.5 Å². The number of aromatic nitrogens is 5. The minimum atomic E-state index is -0.586. The molecule has 0 radical (unpaired) electrons. The molecule has 0 bridgehead atoms. The Labute approximate surface area is 295 Å². The molecule has 0 N–H and O–H groups in total. The maximum absolute atomic E-state index is 12.5. The minimum Gasteiger partial charge on any atom is -0.423 e. The molecule has 0 unspecified atom stereocenters. The molecule has 52 heavy (non-hydrogen) atoms. The normalized spacial score (nSPS) is 11.9. The van der Waals surface area contributed by atoms with Crippen molar-refractivity contribution in [3.63, 3.8) is 0 Å². The molecule has 7 heteroatoms. The fraction of sp³-hybridized carbons (Fsp3) is 0. The third-order valence-corrected chi connectivity index (χ3v) is 10.2.